The number of hydrogen-bond acceptors (Lipinski definition) is 2. The monoisotopic (exact) mass is 213 g/mol. The van der Waals surface area contributed by atoms with Gasteiger partial charge in [0, 0.05) is 11.1 Å². The van der Waals surface area contributed by atoms with Crippen molar-refractivity contribution >= 4 is 11.6 Å². The van der Waals surface area contributed by atoms with Crippen LogP contribution in [0.2, 0.25) is 5.02 Å². The van der Waals surface area contributed by atoms with Crippen LogP contribution in [0, 0.1) is 6.92 Å². The first kappa shape index (κ1) is 11.5. The Balaban J connectivity index is 2.47. The topological polar surface area (TPSA) is 35.2 Å². The summed E-state index contributed by atoms with van der Waals surface area (Å²) in [6.07, 6.45) is 0. The van der Waals surface area contributed by atoms with Crippen molar-refractivity contribution in [1.82, 2.24) is 0 Å². The van der Waals surface area contributed by atoms with Crippen molar-refractivity contribution in [2.45, 2.75) is 26.5 Å². The van der Waals surface area contributed by atoms with Gasteiger partial charge in [0.05, 0.1) is 13.2 Å². The molecule has 0 heterocycles. The molecule has 0 saturated carbocycles. The minimum absolute atomic E-state index is 0.0865. The molecule has 0 bridgehead atoms. The molecule has 2 nitrogen and oxygen atoms in total. The van der Waals surface area contributed by atoms with Crippen molar-refractivity contribution in [3.05, 3.63) is 34.3 Å². The number of ether oxygens (including phenoxy) is 1. The molecule has 0 saturated heterocycles. The minimum Gasteiger partial charge on any atom is -0.375 e. The zero-order valence-electron chi connectivity index (χ0n) is 8.59. The third kappa shape index (κ3) is 3.66. The second kappa shape index (κ2) is 5.35. The van der Waals surface area contributed by atoms with Crippen molar-refractivity contribution in [2.75, 3.05) is 6.61 Å². The summed E-state index contributed by atoms with van der Waals surface area (Å²) in [5.41, 5.74) is 7.77. The Morgan fingerprint density at radius 1 is 1.50 bits per heavy atom. The summed E-state index contributed by atoms with van der Waals surface area (Å²) in [6.45, 7) is 5.09. The average molecular weight is 214 g/mol. The molecule has 1 aromatic carbocycles. The Hall–Kier alpha value is -0.570. The fourth-order valence-corrected chi connectivity index (χ4v) is 1.28. The molecule has 0 amide bonds. The summed E-state index contributed by atoms with van der Waals surface area (Å²) in [4.78, 5) is 0. The average Bonchev–Trinajstić information content (AvgIpc) is 2.10. The predicted molar refractivity (Wildman–Crippen MR) is 59.5 cm³/mol. The van der Waals surface area contributed by atoms with Gasteiger partial charge in [0.15, 0.2) is 0 Å². The smallest absolute Gasteiger partial charge is 0.0717 e. The van der Waals surface area contributed by atoms with Gasteiger partial charge in [-0.2, -0.15) is 0 Å². The lowest BCUT2D eigenvalue weighted by atomic mass is 10.1. The summed E-state index contributed by atoms with van der Waals surface area (Å²) in [7, 11) is 0. The molecule has 2 N–H and O–H groups in total. The lowest BCUT2D eigenvalue weighted by molar-refractivity contribution is 0.111. The minimum atomic E-state index is 0.0865. The summed E-state index contributed by atoms with van der Waals surface area (Å²) < 4.78 is 5.41. The first-order valence-electron chi connectivity index (χ1n) is 4.68. The maximum atomic E-state index is 5.90. The zero-order chi connectivity index (χ0) is 10.6. The van der Waals surface area contributed by atoms with Gasteiger partial charge in [0.2, 0.25) is 0 Å². The molecule has 1 atom stereocenters. The van der Waals surface area contributed by atoms with Crippen molar-refractivity contribution in [2.24, 2.45) is 5.73 Å². The molecule has 1 rings (SSSR count). The number of rotatable bonds is 4. The van der Waals surface area contributed by atoms with Gasteiger partial charge in [-0.1, -0.05) is 23.7 Å². The highest BCUT2D eigenvalue weighted by Gasteiger charge is 1.99. The van der Waals surface area contributed by atoms with Crippen LogP contribution in [0.15, 0.2) is 18.2 Å². The number of benzene rings is 1. The van der Waals surface area contributed by atoms with E-state index in [0.29, 0.717) is 13.2 Å². The van der Waals surface area contributed by atoms with Crippen LogP contribution in [0.25, 0.3) is 0 Å². The van der Waals surface area contributed by atoms with E-state index in [9.17, 15) is 0 Å². The van der Waals surface area contributed by atoms with Crippen LogP contribution in [-0.4, -0.2) is 12.6 Å². The molecule has 1 aromatic rings. The lowest BCUT2D eigenvalue weighted by Gasteiger charge is -2.07. The molecular weight excluding hydrogens is 198 g/mol. The van der Waals surface area contributed by atoms with Crippen molar-refractivity contribution in [1.29, 1.82) is 0 Å². The summed E-state index contributed by atoms with van der Waals surface area (Å²) >= 11 is 5.90. The van der Waals surface area contributed by atoms with Gasteiger partial charge in [0.25, 0.3) is 0 Å². The van der Waals surface area contributed by atoms with E-state index in [4.69, 9.17) is 22.1 Å². The largest absolute Gasteiger partial charge is 0.375 e. The predicted octanol–water partition coefficient (Wildman–Crippen LogP) is 2.51. The lowest BCUT2D eigenvalue weighted by Crippen LogP contribution is -2.21. The number of aryl methyl sites for hydroxylation is 1. The fraction of sp³-hybridized carbons (Fsp3) is 0.455. The third-order valence-electron chi connectivity index (χ3n) is 1.87. The van der Waals surface area contributed by atoms with Gasteiger partial charge in [0.1, 0.15) is 0 Å². The normalized spacial score (nSPS) is 12.9. The molecule has 14 heavy (non-hydrogen) atoms. The van der Waals surface area contributed by atoms with Gasteiger partial charge in [-0.15, -0.1) is 0 Å². The first-order chi connectivity index (χ1) is 6.59. The number of nitrogens with two attached hydrogens (primary N) is 1. The van der Waals surface area contributed by atoms with Crippen LogP contribution in [0.4, 0.5) is 0 Å². The van der Waals surface area contributed by atoms with Crippen LogP contribution in [0.3, 0.4) is 0 Å². The van der Waals surface area contributed by atoms with E-state index in [0.717, 1.165) is 16.1 Å². The molecule has 1 unspecified atom stereocenters. The molecular formula is C11H16ClNO. The van der Waals surface area contributed by atoms with Gasteiger partial charge in [-0.3, -0.25) is 0 Å². The molecule has 0 fully saturated rings. The van der Waals surface area contributed by atoms with E-state index in [1.54, 1.807) is 0 Å². The van der Waals surface area contributed by atoms with Crippen molar-refractivity contribution < 1.29 is 4.74 Å². The van der Waals surface area contributed by atoms with E-state index >= 15 is 0 Å². The van der Waals surface area contributed by atoms with Crippen LogP contribution in [-0.2, 0) is 11.3 Å². The van der Waals surface area contributed by atoms with Crippen molar-refractivity contribution in [3.63, 3.8) is 0 Å². The molecule has 3 heteroatoms. The van der Waals surface area contributed by atoms with E-state index in [2.05, 4.69) is 0 Å². The van der Waals surface area contributed by atoms with E-state index in [1.807, 2.05) is 32.0 Å². The maximum Gasteiger partial charge on any atom is 0.0717 e. The first-order valence-corrected chi connectivity index (χ1v) is 5.05. The van der Waals surface area contributed by atoms with Crippen LogP contribution >= 0.6 is 11.6 Å². The van der Waals surface area contributed by atoms with E-state index in [-0.39, 0.29) is 6.04 Å². The standard InChI is InChI=1S/C11H16ClNO/c1-8-5-10(3-4-11(8)12)7-14-6-9(2)13/h3-5,9H,6-7,13H2,1-2H3. The highest BCUT2D eigenvalue weighted by Crippen LogP contribution is 2.16. The maximum absolute atomic E-state index is 5.90. The Morgan fingerprint density at radius 3 is 2.79 bits per heavy atom. The molecule has 0 aliphatic heterocycles. The fourth-order valence-electron chi connectivity index (χ4n) is 1.16. The highest BCUT2D eigenvalue weighted by atomic mass is 35.5. The Bertz CT molecular complexity index is 299. The summed E-state index contributed by atoms with van der Waals surface area (Å²) in [5, 5.41) is 0.793. The van der Waals surface area contributed by atoms with Crippen molar-refractivity contribution in [3.8, 4) is 0 Å². The van der Waals surface area contributed by atoms with Crippen LogP contribution in [0.5, 0.6) is 0 Å². The van der Waals surface area contributed by atoms with Gasteiger partial charge in [-0.05, 0) is 31.0 Å². The number of hydrogen-bond donors (Lipinski definition) is 1. The second-order valence-electron chi connectivity index (χ2n) is 3.58. The molecule has 0 radical (unpaired) electrons. The summed E-state index contributed by atoms with van der Waals surface area (Å²) in [5.74, 6) is 0. The van der Waals surface area contributed by atoms with E-state index in [1.165, 1.54) is 0 Å². The Kier molecular flexibility index (Phi) is 4.39. The van der Waals surface area contributed by atoms with Gasteiger partial charge in [-0.25, -0.2) is 0 Å². The third-order valence-corrected chi connectivity index (χ3v) is 2.30. The number of halogens is 1. The molecule has 78 valence electrons. The SMILES string of the molecule is Cc1cc(COCC(C)N)ccc1Cl. The highest BCUT2D eigenvalue weighted by molar-refractivity contribution is 6.31. The Morgan fingerprint density at radius 2 is 2.21 bits per heavy atom. The molecule has 0 aliphatic carbocycles. The summed E-state index contributed by atoms with van der Waals surface area (Å²) in [6, 6.07) is 5.98. The quantitative estimate of drug-likeness (QED) is 0.834. The molecule has 0 aliphatic rings. The van der Waals surface area contributed by atoms with Gasteiger partial charge >= 0.3 is 0 Å². The van der Waals surface area contributed by atoms with Crippen LogP contribution in [0.1, 0.15) is 18.1 Å². The zero-order valence-corrected chi connectivity index (χ0v) is 9.34. The molecule has 0 spiro atoms. The van der Waals surface area contributed by atoms with Crippen LogP contribution < -0.4 is 5.73 Å². The second-order valence-corrected chi connectivity index (χ2v) is 3.98. The van der Waals surface area contributed by atoms with E-state index < -0.39 is 0 Å². The molecule has 0 aromatic heterocycles. The van der Waals surface area contributed by atoms with Gasteiger partial charge < -0.3 is 10.5 Å². The Labute approximate surface area is 90.0 Å².